The lowest BCUT2D eigenvalue weighted by Crippen LogP contribution is -2.20. The number of halogens is 1. The zero-order valence-electron chi connectivity index (χ0n) is 10.1. The van der Waals surface area contributed by atoms with E-state index in [4.69, 9.17) is 11.6 Å². The normalized spacial score (nSPS) is 14.5. The first-order chi connectivity index (χ1) is 9.19. The predicted molar refractivity (Wildman–Crippen MR) is 77.1 cm³/mol. The Morgan fingerprint density at radius 3 is 3.00 bits per heavy atom. The van der Waals surface area contributed by atoms with E-state index in [1.54, 1.807) is 0 Å². The van der Waals surface area contributed by atoms with Crippen LogP contribution in [0.3, 0.4) is 0 Å². The van der Waals surface area contributed by atoms with Crippen LogP contribution in [0.25, 0.3) is 10.8 Å². The number of carbonyl (C=O) groups excluding carboxylic acids is 1. The Balaban J connectivity index is 1.98. The Morgan fingerprint density at radius 1 is 1.37 bits per heavy atom. The van der Waals surface area contributed by atoms with Crippen molar-refractivity contribution in [2.75, 3.05) is 23.1 Å². The third-order valence-electron chi connectivity index (χ3n) is 3.19. The lowest BCUT2D eigenvalue weighted by atomic mass is 10.0. The molecule has 5 heteroatoms. The van der Waals surface area contributed by atoms with Gasteiger partial charge >= 0.3 is 0 Å². The van der Waals surface area contributed by atoms with Crippen molar-refractivity contribution in [2.24, 2.45) is 0 Å². The van der Waals surface area contributed by atoms with Crippen LogP contribution in [0, 0.1) is 0 Å². The number of carbonyl (C=O) groups is 1. The van der Waals surface area contributed by atoms with E-state index < -0.39 is 6.10 Å². The number of hydrogen-bond donors (Lipinski definition) is 3. The first-order valence-electron chi connectivity index (χ1n) is 6.05. The molecule has 0 saturated heterocycles. The minimum Gasteiger partial charge on any atom is -0.390 e. The molecular weight excluding hydrogens is 264 g/mol. The summed E-state index contributed by atoms with van der Waals surface area (Å²) in [6.45, 7) is 0.377. The molecule has 1 amide bonds. The Labute approximate surface area is 115 Å². The molecule has 4 nitrogen and oxygen atoms in total. The standard InChI is InChI=1S/C14H13ClN2O2/c15-6-10(18)7-16-9-4-8-2-1-3-11-13(8)12(5-9)17-14(11)19/h1-5,10,16,18H,6-7H2,(H,17,19). The Bertz CT molecular complexity index is 657. The summed E-state index contributed by atoms with van der Waals surface area (Å²) < 4.78 is 0. The molecular formula is C14H13ClN2O2. The molecule has 0 spiro atoms. The fourth-order valence-corrected chi connectivity index (χ4v) is 2.41. The molecule has 1 atom stereocenters. The molecule has 0 fully saturated rings. The molecule has 19 heavy (non-hydrogen) atoms. The Hall–Kier alpha value is -1.78. The first-order valence-corrected chi connectivity index (χ1v) is 6.58. The summed E-state index contributed by atoms with van der Waals surface area (Å²) in [7, 11) is 0. The van der Waals surface area contributed by atoms with Crippen LogP contribution in [0.1, 0.15) is 10.4 Å². The highest BCUT2D eigenvalue weighted by Crippen LogP contribution is 2.35. The van der Waals surface area contributed by atoms with Crippen LogP contribution in [0.2, 0.25) is 0 Å². The first kappa shape index (κ1) is 12.3. The molecule has 2 aromatic rings. The van der Waals surface area contributed by atoms with Gasteiger partial charge in [-0.3, -0.25) is 4.79 Å². The second kappa shape index (κ2) is 4.72. The molecule has 1 aliphatic heterocycles. The summed E-state index contributed by atoms with van der Waals surface area (Å²) in [6.07, 6.45) is -0.591. The van der Waals surface area contributed by atoms with Gasteiger partial charge in [0.15, 0.2) is 0 Å². The second-order valence-electron chi connectivity index (χ2n) is 4.57. The maximum absolute atomic E-state index is 11.8. The molecule has 1 unspecified atom stereocenters. The SMILES string of the molecule is O=C1Nc2cc(NCC(O)CCl)cc3cccc1c23. The molecule has 2 aromatic carbocycles. The second-order valence-corrected chi connectivity index (χ2v) is 4.88. The van der Waals surface area contributed by atoms with E-state index in [9.17, 15) is 9.90 Å². The molecule has 98 valence electrons. The van der Waals surface area contributed by atoms with Gasteiger partial charge in [-0.05, 0) is 23.6 Å². The maximum Gasteiger partial charge on any atom is 0.256 e. The third-order valence-corrected chi connectivity index (χ3v) is 3.55. The minimum atomic E-state index is -0.591. The third kappa shape index (κ3) is 2.13. The van der Waals surface area contributed by atoms with Crippen molar-refractivity contribution in [3.63, 3.8) is 0 Å². The van der Waals surface area contributed by atoms with E-state index in [0.29, 0.717) is 12.1 Å². The molecule has 3 rings (SSSR count). The lowest BCUT2D eigenvalue weighted by Gasteiger charge is -2.11. The molecule has 1 heterocycles. The van der Waals surface area contributed by atoms with Crippen molar-refractivity contribution in [3.8, 4) is 0 Å². The van der Waals surface area contributed by atoms with Crippen molar-refractivity contribution < 1.29 is 9.90 Å². The molecule has 3 N–H and O–H groups in total. The monoisotopic (exact) mass is 276 g/mol. The van der Waals surface area contributed by atoms with E-state index in [0.717, 1.165) is 22.1 Å². The van der Waals surface area contributed by atoms with Crippen LogP contribution < -0.4 is 10.6 Å². The molecule has 0 bridgehead atoms. The van der Waals surface area contributed by atoms with Crippen molar-refractivity contribution in [2.45, 2.75) is 6.10 Å². The lowest BCUT2D eigenvalue weighted by molar-refractivity contribution is 0.103. The van der Waals surface area contributed by atoms with Crippen molar-refractivity contribution in [1.29, 1.82) is 0 Å². The van der Waals surface area contributed by atoms with Crippen LogP contribution >= 0.6 is 11.6 Å². The highest BCUT2D eigenvalue weighted by molar-refractivity contribution is 6.24. The van der Waals surface area contributed by atoms with Gasteiger partial charge in [0.2, 0.25) is 0 Å². The van der Waals surface area contributed by atoms with Gasteiger partial charge in [-0.15, -0.1) is 11.6 Å². The fraction of sp³-hybridized carbons (Fsp3) is 0.214. The van der Waals surface area contributed by atoms with Gasteiger partial charge in [0, 0.05) is 23.2 Å². The summed E-state index contributed by atoms with van der Waals surface area (Å²) in [4.78, 5) is 11.8. The van der Waals surface area contributed by atoms with E-state index in [1.807, 2.05) is 30.3 Å². The van der Waals surface area contributed by atoms with Gasteiger partial charge in [-0.1, -0.05) is 12.1 Å². The highest BCUT2D eigenvalue weighted by atomic mass is 35.5. The zero-order valence-corrected chi connectivity index (χ0v) is 10.9. The van der Waals surface area contributed by atoms with Gasteiger partial charge in [-0.2, -0.15) is 0 Å². The topological polar surface area (TPSA) is 61.4 Å². The Morgan fingerprint density at radius 2 is 2.21 bits per heavy atom. The van der Waals surface area contributed by atoms with E-state index >= 15 is 0 Å². The summed E-state index contributed by atoms with van der Waals surface area (Å²) in [5.41, 5.74) is 2.37. The maximum atomic E-state index is 11.8. The average Bonchev–Trinajstić information content (AvgIpc) is 2.74. The van der Waals surface area contributed by atoms with Gasteiger partial charge in [-0.25, -0.2) is 0 Å². The number of hydrogen-bond acceptors (Lipinski definition) is 3. The fourth-order valence-electron chi connectivity index (χ4n) is 2.30. The molecule has 0 aromatic heterocycles. The molecule has 0 saturated carbocycles. The smallest absolute Gasteiger partial charge is 0.256 e. The van der Waals surface area contributed by atoms with Crippen molar-refractivity contribution in [3.05, 3.63) is 35.9 Å². The number of benzene rings is 2. The van der Waals surface area contributed by atoms with Gasteiger partial charge in [0.05, 0.1) is 17.7 Å². The van der Waals surface area contributed by atoms with E-state index in [-0.39, 0.29) is 11.8 Å². The van der Waals surface area contributed by atoms with Crippen molar-refractivity contribution >= 4 is 39.7 Å². The number of alkyl halides is 1. The van der Waals surface area contributed by atoms with Gasteiger partial charge in [0.1, 0.15) is 0 Å². The van der Waals surface area contributed by atoms with Crippen LogP contribution in [0.15, 0.2) is 30.3 Å². The van der Waals surface area contributed by atoms with Crippen molar-refractivity contribution in [1.82, 2.24) is 0 Å². The number of aliphatic hydroxyl groups excluding tert-OH is 1. The Kier molecular flexibility index (Phi) is 3.05. The zero-order chi connectivity index (χ0) is 13.4. The quantitative estimate of drug-likeness (QED) is 0.752. The van der Waals surface area contributed by atoms with E-state index in [1.165, 1.54) is 0 Å². The average molecular weight is 277 g/mol. The summed E-state index contributed by atoms with van der Waals surface area (Å²) in [5.74, 6) is 0.118. The minimum absolute atomic E-state index is 0.0708. The highest BCUT2D eigenvalue weighted by Gasteiger charge is 2.21. The summed E-state index contributed by atoms with van der Waals surface area (Å²) >= 11 is 5.55. The summed E-state index contributed by atoms with van der Waals surface area (Å²) in [6, 6.07) is 9.48. The van der Waals surface area contributed by atoms with Crippen LogP contribution in [-0.4, -0.2) is 29.5 Å². The summed E-state index contributed by atoms with van der Waals surface area (Å²) in [5, 5.41) is 17.4. The van der Waals surface area contributed by atoms with Gasteiger partial charge < -0.3 is 15.7 Å². The van der Waals surface area contributed by atoms with Crippen LogP contribution in [-0.2, 0) is 0 Å². The largest absolute Gasteiger partial charge is 0.390 e. The number of rotatable bonds is 4. The molecule has 1 aliphatic rings. The number of aliphatic hydroxyl groups is 1. The number of nitrogens with one attached hydrogen (secondary N) is 2. The molecule has 0 aliphatic carbocycles. The number of amides is 1. The van der Waals surface area contributed by atoms with E-state index in [2.05, 4.69) is 10.6 Å². The molecule has 0 radical (unpaired) electrons. The number of anilines is 2. The predicted octanol–water partition coefficient (Wildman–Crippen LogP) is 2.42. The van der Waals surface area contributed by atoms with Gasteiger partial charge in [0.25, 0.3) is 5.91 Å². The van der Waals surface area contributed by atoms with Crippen LogP contribution in [0.5, 0.6) is 0 Å². The van der Waals surface area contributed by atoms with Crippen LogP contribution in [0.4, 0.5) is 11.4 Å².